The zero-order valence-corrected chi connectivity index (χ0v) is 10.7. The molecule has 0 spiro atoms. The van der Waals surface area contributed by atoms with Gasteiger partial charge in [0.15, 0.2) is 0 Å². The third kappa shape index (κ3) is 4.03. The van der Waals surface area contributed by atoms with E-state index in [4.69, 9.17) is 5.11 Å². The van der Waals surface area contributed by atoms with E-state index >= 15 is 0 Å². The number of rotatable bonds is 4. The summed E-state index contributed by atoms with van der Waals surface area (Å²) in [5, 5.41) is 13.8. The first-order valence-corrected chi connectivity index (χ1v) is 5.93. The van der Waals surface area contributed by atoms with Gasteiger partial charge in [0, 0.05) is 12.4 Å². The molecule has 7 heteroatoms. The lowest BCUT2D eigenvalue weighted by molar-refractivity contribution is -0.138. The average molecular weight is 257 g/mol. The largest absolute Gasteiger partial charge is 0.480 e. The summed E-state index contributed by atoms with van der Waals surface area (Å²) in [5.41, 5.74) is 0.799. The van der Waals surface area contributed by atoms with Crippen LogP contribution < -0.4 is 5.32 Å². The maximum Gasteiger partial charge on any atom is 0.325 e. The first kappa shape index (κ1) is 13.4. The van der Waals surface area contributed by atoms with Crippen LogP contribution in [0.15, 0.2) is 5.38 Å². The van der Waals surface area contributed by atoms with E-state index in [-0.39, 0.29) is 0 Å². The Hall–Kier alpha value is -1.63. The van der Waals surface area contributed by atoms with Gasteiger partial charge in [-0.2, -0.15) is 0 Å². The van der Waals surface area contributed by atoms with Crippen LogP contribution in [0.4, 0.5) is 4.79 Å². The van der Waals surface area contributed by atoms with Crippen molar-refractivity contribution in [1.82, 2.24) is 15.2 Å². The molecule has 1 heterocycles. The Morgan fingerprint density at radius 2 is 2.29 bits per heavy atom. The zero-order chi connectivity index (χ0) is 13.0. The molecular formula is C10H15N3O3S. The number of hydrogen-bond donors (Lipinski definition) is 2. The molecular weight excluding hydrogens is 242 g/mol. The number of nitrogens with zero attached hydrogens (tertiary/aromatic N) is 2. The Balaban J connectivity index is 2.50. The standard InChI is InChI=1S/C10H15N3O3S/c1-6(9(14)15)11-10(16)13(3)4-8-5-17-7(2)12-8/h5-6H,4H2,1-3H3,(H,11,16)(H,14,15). The average Bonchev–Trinajstić information content (AvgIpc) is 2.63. The molecule has 0 aromatic carbocycles. The van der Waals surface area contributed by atoms with Gasteiger partial charge in [-0.15, -0.1) is 11.3 Å². The van der Waals surface area contributed by atoms with Gasteiger partial charge >= 0.3 is 12.0 Å². The van der Waals surface area contributed by atoms with Crippen molar-refractivity contribution in [1.29, 1.82) is 0 Å². The molecule has 2 N–H and O–H groups in total. The number of aryl methyl sites for hydroxylation is 1. The summed E-state index contributed by atoms with van der Waals surface area (Å²) < 4.78 is 0. The zero-order valence-electron chi connectivity index (χ0n) is 9.93. The van der Waals surface area contributed by atoms with Crippen molar-refractivity contribution >= 4 is 23.3 Å². The minimum absolute atomic E-state index is 0.364. The lowest BCUT2D eigenvalue weighted by Gasteiger charge is -2.18. The van der Waals surface area contributed by atoms with Crippen LogP contribution in [-0.2, 0) is 11.3 Å². The molecule has 1 rings (SSSR count). The molecule has 1 unspecified atom stereocenters. The number of carboxylic acid groups (broad SMARTS) is 1. The van der Waals surface area contributed by atoms with Gasteiger partial charge < -0.3 is 15.3 Å². The summed E-state index contributed by atoms with van der Waals surface area (Å²) in [7, 11) is 1.60. The Morgan fingerprint density at radius 1 is 1.65 bits per heavy atom. The number of urea groups is 1. The second-order valence-electron chi connectivity index (χ2n) is 3.72. The Kier molecular flexibility index (Phi) is 4.45. The van der Waals surface area contributed by atoms with Gasteiger partial charge in [-0.3, -0.25) is 4.79 Å². The summed E-state index contributed by atoms with van der Waals surface area (Å²) in [4.78, 5) is 27.8. The number of aromatic nitrogens is 1. The fraction of sp³-hybridized carbons (Fsp3) is 0.500. The first-order valence-electron chi connectivity index (χ1n) is 5.05. The van der Waals surface area contributed by atoms with Crippen molar-refractivity contribution in [3.63, 3.8) is 0 Å². The third-order valence-electron chi connectivity index (χ3n) is 2.12. The van der Waals surface area contributed by atoms with E-state index in [0.717, 1.165) is 10.7 Å². The predicted molar refractivity (Wildman–Crippen MR) is 63.9 cm³/mol. The molecule has 0 fully saturated rings. The number of aliphatic carboxylic acids is 1. The minimum atomic E-state index is -1.06. The molecule has 17 heavy (non-hydrogen) atoms. The van der Waals surface area contributed by atoms with Gasteiger partial charge in [0.25, 0.3) is 0 Å². The van der Waals surface area contributed by atoms with Gasteiger partial charge in [0.2, 0.25) is 0 Å². The molecule has 0 aliphatic carbocycles. The summed E-state index contributed by atoms with van der Waals surface area (Å²) in [6, 6.07) is -1.33. The molecule has 1 aromatic rings. The van der Waals surface area contributed by atoms with Crippen molar-refractivity contribution in [3.8, 4) is 0 Å². The summed E-state index contributed by atoms with van der Waals surface area (Å²) in [6.45, 7) is 3.67. The molecule has 0 saturated carbocycles. The number of carboxylic acids is 1. The van der Waals surface area contributed by atoms with E-state index in [2.05, 4.69) is 10.3 Å². The predicted octanol–water partition coefficient (Wildman–Crippen LogP) is 1.07. The van der Waals surface area contributed by atoms with Crippen LogP contribution in [0.25, 0.3) is 0 Å². The fourth-order valence-corrected chi connectivity index (χ4v) is 1.76. The highest BCUT2D eigenvalue weighted by atomic mass is 32.1. The van der Waals surface area contributed by atoms with E-state index in [0.29, 0.717) is 6.54 Å². The quantitative estimate of drug-likeness (QED) is 0.845. The Morgan fingerprint density at radius 3 is 2.76 bits per heavy atom. The third-order valence-corrected chi connectivity index (χ3v) is 2.95. The highest BCUT2D eigenvalue weighted by Gasteiger charge is 2.17. The molecule has 0 aliphatic heterocycles. The van der Waals surface area contributed by atoms with Crippen LogP contribution in [0.1, 0.15) is 17.6 Å². The second kappa shape index (κ2) is 5.62. The molecule has 0 radical (unpaired) electrons. The molecule has 1 atom stereocenters. The lowest BCUT2D eigenvalue weighted by atomic mass is 10.3. The molecule has 2 amide bonds. The number of carbonyl (C=O) groups is 2. The summed E-state index contributed by atoms with van der Waals surface area (Å²) in [5.74, 6) is -1.06. The van der Waals surface area contributed by atoms with Crippen molar-refractivity contribution in [2.75, 3.05) is 7.05 Å². The summed E-state index contributed by atoms with van der Waals surface area (Å²) >= 11 is 1.51. The monoisotopic (exact) mass is 257 g/mol. The van der Waals surface area contributed by atoms with Crippen LogP contribution in [0.2, 0.25) is 0 Å². The van der Waals surface area contributed by atoms with Gasteiger partial charge in [0.05, 0.1) is 17.2 Å². The van der Waals surface area contributed by atoms with Crippen molar-refractivity contribution in [3.05, 3.63) is 16.1 Å². The highest BCUT2D eigenvalue weighted by molar-refractivity contribution is 7.09. The van der Waals surface area contributed by atoms with E-state index < -0.39 is 18.0 Å². The number of hydrogen-bond acceptors (Lipinski definition) is 4. The maximum absolute atomic E-state index is 11.6. The molecule has 0 saturated heterocycles. The molecule has 94 valence electrons. The molecule has 0 aliphatic rings. The van der Waals surface area contributed by atoms with E-state index in [1.54, 1.807) is 7.05 Å². The van der Waals surface area contributed by atoms with Crippen LogP contribution >= 0.6 is 11.3 Å². The van der Waals surface area contributed by atoms with Gasteiger partial charge in [-0.05, 0) is 13.8 Å². The number of thiazole rings is 1. The van der Waals surface area contributed by atoms with Gasteiger partial charge in [0.1, 0.15) is 6.04 Å². The molecule has 1 aromatic heterocycles. The number of amides is 2. The van der Waals surface area contributed by atoms with Crippen LogP contribution in [0, 0.1) is 6.92 Å². The van der Waals surface area contributed by atoms with Gasteiger partial charge in [-0.1, -0.05) is 0 Å². The number of nitrogens with one attached hydrogen (secondary N) is 1. The van der Waals surface area contributed by atoms with Gasteiger partial charge in [-0.25, -0.2) is 9.78 Å². The Labute approximate surface area is 103 Å². The van der Waals surface area contributed by atoms with Crippen LogP contribution in [0.5, 0.6) is 0 Å². The summed E-state index contributed by atoms with van der Waals surface area (Å²) in [6.07, 6.45) is 0. The fourth-order valence-electron chi connectivity index (χ4n) is 1.15. The van der Waals surface area contributed by atoms with Crippen molar-refractivity contribution in [2.24, 2.45) is 0 Å². The van der Waals surface area contributed by atoms with E-state index in [1.807, 2.05) is 12.3 Å². The maximum atomic E-state index is 11.6. The normalized spacial score (nSPS) is 11.9. The minimum Gasteiger partial charge on any atom is -0.480 e. The molecule has 0 bridgehead atoms. The first-order chi connectivity index (χ1) is 7.90. The van der Waals surface area contributed by atoms with Crippen molar-refractivity contribution in [2.45, 2.75) is 26.4 Å². The lowest BCUT2D eigenvalue weighted by Crippen LogP contribution is -2.44. The smallest absolute Gasteiger partial charge is 0.325 e. The number of carbonyl (C=O) groups excluding carboxylic acids is 1. The Bertz CT molecular complexity index is 419. The van der Waals surface area contributed by atoms with Crippen LogP contribution in [-0.4, -0.2) is 40.1 Å². The SMILES string of the molecule is Cc1nc(CN(C)C(=O)NC(C)C(=O)O)cs1. The van der Waals surface area contributed by atoms with Crippen molar-refractivity contribution < 1.29 is 14.7 Å². The van der Waals surface area contributed by atoms with Crippen LogP contribution in [0.3, 0.4) is 0 Å². The van der Waals surface area contributed by atoms with E-state index in [9.17, 15) is 9.59 Å². The van der Waals surface area contributed by atoms with E-state index in [1.165, 1.54) is 23.2 Å². The topological polar surface area (TPSA) is 82.5 Å². The molecule has 6 nitrogen and oxygen atoms in total. The highest BCUT2D eigenvalue weighted by Crippen LogP contribution is 2.09. The second-order valence-corrected chi connectivity index (χ2v) is 4.79.